The van der Waals surface area contributed by atoms with Crippen LogP contribution >= 0.6 is 11.3 Å². The van der Waals surface area contributed by atoms with Crippen LogP contribution in [0.25, 0.3) is 42.3 Å². The minimum absolute atomic E-state index is 0.0380. The van der Waals surface area contributed by atoms with Crippen LogP contribution in [0.2, 0.25) is 0 Å². The van der Waals surface area contributed by atoms with Gasteiger partial charge in [0.2, 0.25) is 0 Å². The molecule has 0 saturated heterocycles. The van der Waals surface area contributed by atoms with Crippen LogP contribution < -0.4 is 25.5 Å². The van der Waals surface area contributed by atoms with Crippen molar-refractivity contribution in [3.63, 3.8) is 0 Å². The molecule has 0 unspecified atom stereocenters. The van der Waals surface area contributed by atoms with Crippen LogP contribution in [-0.2, 0) is 0 Å². The van der Waals surface area contributed by atoms with Gasteiger partial charge in [-0.15, -0.1) is 11.3 Å². The SMILES string of the molecule is c1ccc(N(c2ccccc2)c2cc3c4c(c2)N2c5ccccc5Oc5cccc(c52)B4n2c4c-3cccc4c3sc4ccccc4c32)cc1. The number of ether oxygens (including phenoxy) is 1. The number of aromatic nitrogens is 1. The molecule has 5 heterocycles. The van der Waals surface area contributed by atoms with E-state index in [2.05, 4.69) is 172 Å². The number of benzene rings is 7. The van der Waals surface area contributed by atoms with Gasteiger partial charge < -0.3 is 19.0 Å². The van der Waals surface area contributed by atoms with Crippen LogP contribution in [0.5, 0.6) is 11.5 Å². The average Bonchev–Trinajstić information content (AvgIpc) is 3.71. The zero-order chi connectivity index (χ0) is 32.5. The molecule has 7 aromatic carbocycles. The van der Waals surface area contributed by atoms with Crippen LogP contribution in [0.1, 0.15) is 0 Å². The Balaban J connectivity index is 1.26. The Labute approximate surface area is 292 Å². The summed E-state index contributed by atoms with van der Waals surface area (Å²) in [6, 6.07) is 57.1. The van der Waals surface area contributed by atoms with E-state index in [9.17, 15) is 0 Å². The number of para-hydroxylation sites is 6. The number of anilines is 6. The highest BCUT2D eigenvalue weighted by Crippen LogP contribution is 2.55. The largest absolute Gasteiger partial charge is 0.453 e. The highest BCUT2D eigenvalue weighted by molar-refractivity contribution is 7.27. The molecule has 0 aliphatic carbocycles. The highest BCUT2D eigenvalue weighted by atomic mass is 32.1. The van der Waals surface area contributed by atoms with Crippen LogP contribution in [0.15, 0.2) is 158 Å². The van der Waals surface area contributed by atoms with E-state index in [4.69, 9.17) is 4.74 Å². The van der Waals surface area contributed by atoms with Crippen LogP contribution in [-0.4, -0.2) is 11.3 Å². The first-order valence-corrected chi connectivity index (χ1v) is 17.9. The van der Waals surface area contributed by atoms with Gasteiger partial charge >= 0.3 is 6.85 Å². The lowest BCUT2D eigenvalue weighted by Gasteiger charge is -2.43. The number of fused-ring (bicyclic) bond motifs is 11. The van der Waals surface area contributed by atoms with Crippen LogP contribution in [0.4, 0.5) is 34.1 Å². The van der Waals surface area contributed by atoms with E-state index in [1.165, 1.54) is 58.9 Å². The minimum Gasteiger partial charge on any atom is -0.453 e. The Kier molecular flexibility index (Phi) is 5.17. The van der Waals surface area contributed by atoms with Gasteiger partial charge in [0.1, 0.15) is 0 Å². The second kappa shape index (κ2) is 9.68. The fourth-order valence-corrected chi connectivity index (χ4v) is 10.0. The maximum Gasteiger partial charge on any atom is 0.333 e. The Morgan fingerprint density at radius 3 is 2.08 bits per heavy atom. The average molecular weight is 656 g/mol. The summed E-state index contributed by atoms with van der Waals surface area (Å²) in [5.41, 5.74) is 14.4. The molecule has 0 atom stereocenters. The van der Waals surface area contributed by atoms with Crippen molar-refractivity contribution in [3.05, 3.63) is 158 Å². The van der Waals surface area contributed by atoms with E-state index >= 15 is 0 Å². The molecule has 0 fully saturated rings. The Morgan fingerprint density at radius 1 is 0.540 bits per heavy atom. The molecule has 232 valence electrons. The van der Waals surface area contributed by atoms with Crippen LogP contribution in [0.3, 0.4) is 0 Å². The van der Waals surface area contributed by atoms with Crippen molar-refractivity contribution >= 4 is 94.4 Å². The topological polar surface area (TPSA) is 20.6 Å². The van der Waals surface area contributed by atoms with Gasteiger partial charge in [0.15, 0.2) is 11.5 Å². The third-order valence-electron chi connectivity index (χ3n) is 10.7. The van der Waals surface area contributed by atoms with Crippen molar-refractivity contribution in [1.29, 1.82) is 0 Å². The molecule has 3 aliphatic heterocycles. The summed E-state index contributed by atoms with van der Waals surface area (Å²) in [6.45, 7) is -0.0380. The van der Waals surface area contributed by atoms with E-state index in [0.717, 1.165) is 39.9 Å². The molecule has 12 rings (SSSR count). The first-order chi connectivity index (χ1) is 24.8. The van der Waals surface area contributed by atoms with Crippen molar-refractivity contribution in [2.24, 2.45) is 0 Å². The zero-order valence-electron chi connectivity index (χ0n) is 26.7. The van der Waals surface area contributed by atoms with E-state index in [-0.39, 0.29) is 6.85 Å². The zero-order valence-corrected chi connectivity index (χ0v) is 27.6. The predicted octanol–water partition coefficient (Wildman–Crippen LogP) is 11.0. The summed E-state index contributed by atoms with van der Waals surface area (Å²) < 4.78 is 12.0. The molecule has 3 aliphatic rings. The summed E-state index contributed by atoms with van der Waals surface area (Å²) >= 11 is 1.91. The Morgan fingerprint density at radius 2 is 1.24 bits per heavy atom. The lowest BCUT2D eigenvalue weighted by molar-refractivity contribution is 0.477. The number of hydrogen-bond donors (Lipinski definition) is 0. The second-order valence-electron chi connectivity index (χ2n) is 13.3. The standard InChI is InChI=1S/C44H26BN3OS/c1-3-13-27(14-4-1)46(28-15-5-2-6-16-28)29-25-33-30-18-11-19-32-41(30)48(42-31-17-7-10-24-39(31)50-44(32)42)45-34-20-12-23-38-43(34)47(36(26-29)40(33)45)35-21-8-9-22-37(35)49-38/h1-26H. The van der Waals surface area contributed by atoms with Gasteiger partial charge in [-0.05, 0) is 77.2 Å². The lowest BCUT2D eigenvalue weighted by atomic mass is 9.45. The van der Waals surface area contributed by atoms with Gasteiger partial charge in [0.05, 0.1) is 21.6 Å². The molecule has 0 saturated carbocycles. The summed E-state index contributed by atoms with van der Waals surface area (Å²) in [4.78, 5) is 4.85. The van der Waals surface area contributed by atoms with E-state index < -0.39 is 0 Å². The monoisotopic (exact) mass is 655 g/mol. The fraction of sp³-hybridized carbons (Fsp3) is 0. The lowest BCUT2D eigenvalue weighted by Crippen LogP contribution is -2.57. The van der Waals surface area contributed by atoms with Gasteiger partial charge in [-0.2, -0.15) is 0 Å². The summed E-state index contributed by atoms with van der Waals surface area (Å²) in [6.07, 6.45) is 0. The third-order valence-corrected chi connectivity index (χ3v) is 11.9. The maximum atomic E-state index is 6.70. The smallest absolute Gasteiger partial charge is 0.333 e. The molecule has 9 aromatic rings. The summed E-state index contributed by atoms with van der Waals surface area (Å²) in [7, 11) is 0. The van der Waals surface area contributed by atoms with Crippen molar-refractivity contribution < 1.29 is 4.74 Å². The van der Waals surface area contributed by atoms with Gasteiger partial charge in [0.25, 0.3) is 0 Å². The van der Waals surface area contributed by atoms with Crippen molar-refractivity contribution in [2.75, 3.05) is 9.80 Å². The van der Waals surface area contributed by atoms with Gasteiger partial charge in [-0.25, -0.2) is 0 Å². The number of thiophene rings is 1. The van der Waals surface area contributed by atoms with E-state index in [1.807, 2.05) is 11.3 Å². The van der Waals surface area contributed by atoms with E-state index in [0.29, 0.717) is 0 Å². The highest BCUT2D eigenvalue weighted by Gasteiger charge is 2.46. The number of nitrogens with zero attached hydrogens (tertiary/aromatic N) is 3. The third kappa shape index (κ3) is 3.36. The van der Waals surface area contributed by atoms with Crippen molar-refractivity contribution in [3.8, 4) is 22.6 Å². The van der Waals surface area contributed by atoms with Gasteiger partial charge in [-0.1, -0.05) is 97.1 Å². The molecule has 4 nitrogen and oxygen atoms in total. The summed E-state index contributed by atoms with van der Waals surface area (Å²) in [5, 5.41) is 2.62. The number of hydrogen-bond acceptors (Lipinski definition) is 4. The molecular formula is C44H26BN3OS. The van der Waals surface area contributed by atoms with Crippen molar-refractivity contribution in [2.45, 2.75) is 0 Å². The number of rotatable bonds is 3. The molecule has 0 bridgehead atoms. The first-order valence-electron chi connectivity index (χ1n) is 17.1. The molecule has 6 heteroatoms. The molecule has 0 radical (unpaired) electrons. The quantitative estimate of drug-likeness (QED) is 0.177. The summed E-state index contributed by atoms with van der Waals surface area (Å²) in [5.74, 6) is 1.75. The molecule has 50 heavy (non-hydrogen) atoms. The first kappa shape index (κ1) is 26.7. The normalized spacial score (nSPS) is 13.3. The molecule has 0 spiro atoms. The van der Waals surface area contributed by atoms with E-state index in [1.54, 1.807) is 0 Å². The van der Waals surface area contributed by atoms with Gasteiger partial charge in [0, 0.05) is 49.3 Å². The molecule has 0 amide bonds. The Hall–Kier alpha value is -6.24. The molecular weight excluding hydrogens is 629 g/mol. The molecule has 0 N–H and O–H groups in total. The Bertz CT molecular complexity index is 2840. The minimum atomic E-state index is -0.0380. The van der Waals surface area contributed by atoms with Gasteiger partial charge in [-0.3, -0.25) is 0 Å². The van der Waals surface area contributed by atoms with Crippen molar-refractivity contribution in [1.82, 2.24) is 4.48 Å². The second-order valence-corrected chi connectivity index (χ2v) is 14.3. The predicted molar refractivity (Wildman–Crippen MR) is 210 cm³/mol. The maximum absolute atomic E-state index is 6.70. The van der Waals surface area contributed by atoms with Crippen LogP contribution in [0, 0.1) is 0 Å². The fourth-order valence-electron chi connectivity index (χ4n) is 8.80. The molecule has 2 aromatic heterocycles.